The first-order chi connectivity index (χ1) is 13.3. The van der Waals surface area contributed by atoms with Gasteiger partial charge < -0.3 is 10.1 Å². The monoisotopic (exact) mass is 406 g/mol. The van der Waals surface area contributed by atoms with Crippen LogP contribution in [0.3, 0.4) is 0 Å². The summed E-state index contributed by atoms with van der Waals surface area (Å²) in [6.45, 7) is 4.89. The van der Waals surface area contributed by atoms with Gasteiger partial charge in [0.2, 0.25) is 5.91 Å². The van der Waals surface area contributed by atoms with Crippen molar-refractivity contribution in [2.45, 2.75) is 59.1 Å². The molecule has 0 aliphatic heterocycles. The molecule has 0 saturated carbocycles. The van der Waals surface area contributed by atoms with Crippen LogP contribution in [0.1, 0.15) is 53.2 Å². The van der Waals surface area contributed by atoms with Gasteiger partial charge in [-0.15, -0.1) is 11.3 Å². The number of anilines is 1. The molecule has 1 aliphatic rings. The van der Waals surface area contributed by atoms with Crippen molar-refractivity contribution in [2.75, 3.05) is 5.32 Å². The molecule has 0 bridgehead atoms. The Morgan fingerprint density at radius 2 is 2.11 bits per heavy atom. The SMILES string of the molecule is Cc1nn(CC(=O)Nc2sc3c(c2C(=O)OC(C)C)CCCC3)cc1[N+](=O)[O-]. The quantitative estimate of drug-likeness (QED) is 0.447. The molecular weight excluding hydrogens is 384 g/mol. The standard InChI is InChI=1S/C18H22N4O5S/c1-10(2)27-18(24)16-12-6-4-5-7-14(12)28-17(16)19-15(23)9-21-8-13(22(25)26)11(3)20-21/h8,10H,4-7,9H2,1-3H3,(H,19,23). The van der Waals surface area contributed by atoms with E-state index in [4.69, 9.17) is 4.74 Å². The molecule has 9 nitrogen and oxygen atoms in total. The van der Waals surface area contributed by atoms with Crippen molar-refractivity contribution in [3.8, 4) is 0 Å². The van der Waals surface area contributed by atoms with Gasteiger partial charge in [0.05, 0.1) is 16.6 Å². The molecule has 150 valence electrons. The van der Waals surface area contributed by atoms with Crippen LogP contribution in [0.5, 0.6) is 0 Å². The summed E-state index contributed by atoms with van der Waals surface area (Å²) in [4.78, 5) is 36.6. The summed E-state index contributed by atoms with van der Waals surface area (Å²) in [5.41, 5.74) is 1.50. The van der Waals surface area contributed by atoms with Crippen molar-refractivity contribution < 1.29 is 19.2 Å². The first-order valence-electron chi connectivity index (χ1n) is 9.10. The predicted octanol–water partition coefficient (Wildman–Crippen LogP) is 3.24. The van der Waals surface area contributed by atoms with Gasteiger partial charge in [-0.3, -0.25) is 19.6 Å². The lowest BCUT2D eigenvalue weighted by atomic mass is 9.95. The second-order valence-electron chi connectivity index (χ2n) is 6.97. The molecule has 1 N–H and O–H groups in total. The van der Waals surface area contributed by atoms with Gasteiger partial charge in [0.1, 0.15) is 23.4 Å². The number of esters is 1. The van der Waals surface area contributed by atoms with Crippen LogP contribution in [0, 0.1) is 17.0 Å². The van der Waals surface area contributed by atoms with E-state index in [0.717, 1.165) is 36.1 Å². The van der Waals surface area contributed by atoms with Crippen LogP contribution in [0.15, 0.2) is 6.20 Å². The van der Waals surface area contributed by atoms with Crippen LogP contribution in [-0.2, 0) is 28.9 Å². The molecule has 1 amide bonds. The number of hydrogen-bond acceptors (Lipinski definition) is 7. The van der Waals surface area contributed by atoms with E-state index in [-0.39, 0.29) is 24.0 Å². The van der Waals surface area contributed by atoms with E-state index in [2.05, 4.69) is 10.4 Å². The molecule has 28 heavy (non-hydrogen) atoms. The Bertz CT molecular complexity index is 931. The molecule has 2 aromatic heterocycles. The van der Waals surface area contributed by atoms with Gasteiger partial charge in [-0.25, -0.2) is 4.79 Å². The van der Waals surface area contributed by atoms with Crippen molar-refractivity contribution in [2.24, 2.45) is 0 Å². The Morgan fingerprint density at radius 3 is 2.75 bits per heavy atom. The predicted molar refractivity (Wildman–Crippen MR) is 104 cm³/mol. The number of hydrogen-bond donors (Lipinski definition) is 1. The summed E-state index contributed by atoms with van der Waals surface area (Å²) >= 11 is 1.40. The zero-order chi connectivity index (χ0) is 20.4. The highest BCUT2D eigenvalue weighted by atomic mass is 32.1. The molecule has 0 atom stereocenters. The van der Waals surface area contributed by atoms with Gasteiger partial charge in [0.15, 0.2) is 0 Å². The average Bonchev–Trinajstić information content (AvgIpc) is 3.13. The number of amides is 1. The van der Waals surface area contributed by atoms with E-state index in [0.29, 0.717) is 10.6 Å². The lowest BCUT2D eigenvalue weighted by Crippen LogP contribution is -2.21. The summed E-state index contributed by atoms with van der Waals surface area (Å²) in [7, 11) is 0. The van der Waals surface area contributed by atoms with E-state index in [1.807, 2.05) is 0 Å². The van der Waals surface area contributed by atoms with Crippen molar-refractivity contribution in [3.63, 3.8) is 0 Å². The minimum absolute atomic E-state index is 0.138. The fourth-order valence-corrected chi connectivity index (χ4v) is 4.52. The van der Waals surface area contributed by atoms with Crippen LogP contribution < -0.4 is 5.32 Å². The van der Waals surface area contributed by atoms with Gasteiger partial charge in [-0.05, 0) is 52.0 Å². The number of carbonyl (C=O) groups excluding carboxylic acids is 2. The molecule has 2 aromatic rings. The van der Waals surface area contributed by atoms with E-state index >= 15 is 0 Å². The van der Waals surface area contributed by atoms with E-state index < -0.39 is 16.8 Å². The number of nitro groups is 1. The molecule has 0 radical (unpaired) electrons. The molecule has 2 heterocycles. The fraction of sp³-hybridized carbons (Fsp3) is 0.500. The Kier molecular flexibility index (Phi) is 5.78. The Hall–Kier alpha value is -2.75. The first-order valence-corrected chi connectivity index (χ1v) is 9.91. The zero-order valence-corrected chi connectivity index (χ0v) is 16.8. The summed E-state index contributed by atoms with van der Waals surface area (Å²) in [5, 5.41) is 18.2. The summed E-state index contributed by atoms with van der Waals surface area (Å²) in [6, 6.07) is 0. The maximum atomic E-state index is 12.6. The molecule has 3 rings (SSSR count). The summed E-state index contributed by atoms with van der Waals surface area (Å²) in [5.74, 6) is -0.843. The second kappa shape index (κ2) is 8.09. The van der Waals surface area contributed by atoms with Crippen LogP contribution >= 0.6 is 11.3 Å². The van der Waals surface area contributed by atoms with Crippen molar-refractivity contribution in [1.82, 2.24) is 9.78 Å². The average molecular weight is 406 g/mol. The van der Waals surface area contributed by atoms with Gasteiger partial charge in [-0.2, -0.15) is 5.10 Å². The normalized spacial score (nSPS) is 13.3. The molecule has 0 aromatic carbocycles. The number of carbonyl (C=O) groups is 2. The highest BCUT2D eigenvalue weighted by Gasteiger charge is 2.28. The van der Waals surface area contributed by atoms with Gasteiger partial charge in [0.25, 0.3) is 0 Å². The maximum Gasteiger partial charge on any atom is 0.341 e. The fourth-order valence-electron chi connectivity index (χ4n) is 3.22. The third-order valence-corrected chi connectivity index (χ3v) is 5.60. The van der Waals surface area contributed by atoms with Gasteiger partial charge in [0, 0.05) is 4.88 Å². The van der Waals surface area contributed by atoms with Crippen LogP contribution in [0.25, 0.3) is 0 Å². The molecule has 0 saturated heterocycles. The van der Waals surface area contributed by atoms with Crippen LogP contribution in [0.4, 0.5) is 10.7 Å². The number of aromatic nitrogens is 2. The number of rotatable bonds is 6. The molecule has 1 aliphatic carbocycles. The Labute approximate surface area is 165 Å². The number of aryl methyl sites for hydroxylation is 2. The Balaban J connectivity index is 1.82. The first kappa shape index (κ1) is 20.0. The van der Waals surface area contributed by atoms with E-state index in [1.165, 1.54) is 29.1 Å². The lowest BCUT2D eigenvalue weighted by molar-refractivity contribution is -0.385. The number of fused-ring (bicyclic) bond motifs is 1. The smallest absolute Gasteiger partial charge is 0.341 e. The Morgan fingerprint density at radius 1 is 1.39 bits per heavy atom. The molecule has 0 spiro atoms. The maximum absolute atomic E-state index is 12.6. The second-order valence-corrected chi connectivity index (χ2v) is 8.08. The highest BCUT2D eigenvalue weighted by Crippen LogP contribution is 2.38. The van der Waals surface area contributed by atoms with Crippen molar-refractivity contribution in [1.29, 1.82) is 0 Å². The molecule has 0 unspecified atom stereocenters. The van der Waals surface area contributed by atoms with Crippen LogP contribution in [-0.4, -0.2) is 32.7 Å². The number of nitrogens with one attached hydrogen (secondary N) is 1. The zero-order valence-electron chi connectivity index (χ0n) is 16.0. The van der Waals surface area contributed by atoms with Gasteiger partial charge >= 0.3 is 11.7 Å². The molecule has 0 fully saturated rings. The van der Waals surface area contributed by atoms with E-state index in [1.54, 1.807) is 13.8 Å². The van der Waals surface area contributed by atoms with Crippen molar-refractivity contribution in [3.05, 3.63) is 38.0 Å². The summed E-state index contributed by atoms with van der Waals surface area (Å²) in [6.07, 6.45) is 4.67. The lowest BCUT2D eigenvalue weighted by Gasteiger charge is -2.14. The van der Waals surface area contributed by atoms with Crippen molar-refractivity contribution >= 4 is 33.9 Å². The van der Waals surface area contributed by atoms with Crippen LogP contribution in [0.2, 0.25) is 0 Å². The molecule has 10 heteroatoms. The number of nitrogens with zero attached hydrogens (tertiary/aromatic N) is 3. The van der Waals surface area contributed by atoms with Gasteiger partial charge in [-0.1, -0.05) is 0 Å². The highest BCUT2D eigenvalue weighted by molar-refractivity contribution is 7.17. The number of thiophene rings is 1. The largest absolute Gasteiger partial charge is 0.459 e. The minimum atomic E-state index is -0.538. The third kappa shape index (κ3) is 4.22. The van der Waals surface area contributed by atoms with E-state index in [9.17, 15) is 19.7 Å². The topological polar surface area (TPSA) is 116 Å². The number of ether oxygens (including phenoxy) is 1. The summed E-state index contributed by atoms with van der Waals surface area (Å²) < 4.78 is 6.60. The molecular formula is C18H22N4O5S. The minimum Gasteiger partial charge on any atom is -0.459 e. The third-order valence-electron chi connectivity index (χ3n) is 4.39.